The minimum absolute atomic E-state index is 0.121. The van der Waals surface area contributed by atoms with Crippen LogP contribution in [-0.4, -0.2) is 48.7 Å². The Labute approximate surface area is 260 Å². The van der Waals surface area contributed by atoms with Crippen LogP contribution >= 0.6 is 0 Å². The van der Waals surface area contributed by atoms with Crippen molar-refractivity contribution < 1.29 is 33.3 Å². The zero-order valence-corrected chi connectivity index (χ0v) is 28.5. The molecule has 0 heterocycles. The summed E-state index contributed by atoms with van der Waals surface area (Å²) in [6.45, 7) is 21.8. The SMILES string of the molecule is CCOC(=O)/C=C/C=C/[C@H](C)[C@H](C/C=C(\C)C/C(C)=C/C=C/CC[C@H](C)CNC(=O)OC(C)(C)C)OC(=O)OC(C)(C)C. The van der Waals surface area contributed by atoms with Crippen LogP contribution in [-0.2, 0) is 23.7 Å². The lowest BCUT2D eigenvalue weighted by atomic mass is 9.98. The maximum absolute atomic E-state index is 12.4. The van der Waals surface area contributed by atoms with Gasteiger partial charge in [0.05, 0.1) is 6.61 Å². The topological polar surface area (TPSA) is 100 Å². The number of hydrogen-bond donors (Lipinski definition) is 1. The van der Waals surface area contributed by atoms with Crippen LogP contribution in [0, 0.1) is 11.8 Å². The summed E-state index contributed by atoms with van der Waals surface area (Å²) in [7, 11) is 0. The van der Waals surface area contributed by atoms with Gasteiger partial charge in [0.15, 0.2) is 0 Å². The molecule has 0 bridgehead atoms. The second kappa shape index (κ2) is 20.6. The second-order valence-corrected chi connectivity index (χ2v) is 12.9. The highest BCUT2D eigenvalue weighted by Gasteiger charge is 2.24. The van der Waals surface area contributed by atoms with Crippen molar-refractivity contribution in [3.63, 3.8) is 0 Å². The Morgan fingerprint density at radius 1 is 0.884 bits per heavy atom. The fraction of sp³-hybridized carbons (Fsp3) is 0.629. The van der Waals surface area contributed by atoms with Crippen LogP contribution in [0.15, 0.2) is 59.8 Å². The van der Waals surface area contributed by atoms with Gasteiger partial charge in [-0.3, -0.25) is 0 Å². The molecule has 0 aromatic carbocycles. The first-order chi connectivity index (χ1) is 19.9. The average Bonchev–Trinajstić information content (AvgIpc) is 2.85. The Bertz CT molecular complexity index is 1010. The molecule has 1 N–H and O–H groups in total. The van der Waals surface area contributed by atoms with E-state index in [0.29, 0.717) is 25.5 Å². The van der Waals surface area contributed by atoms with E-state index >= 15 is 0 Å². The highest BCUT2D eigenvalue weighted by molar-refractivity contribution is 5.82. The highest BCUT2D eigenvalue weighted by Crippen LogP contribution is 2.20. The molecule has 0 saturated heterocycles. The molecule has 0 aliphatic heterocycles. The summed E-state index contributed by atoms with van der Waals surface area (Å²) in [5.74, 6) is -0.181. The maximum Gasteiger partial charge on any atom is 0.509 e. The molecule has 0 aromatic rings. The van der Waals surface area contributed by atoms with E-state index < -0.39 is 29.4 Å². The van der Waals surface area contributed by atoms with E-state index in [1.807, 2.05) is 33.8 Å². The van der Waals surface area contributed by atoms with Gasteiger partial charge >= 0.3 is 18.2 Å². The lowest BCUT2D eigenvalue weighted by Gasteiger charge is -2.24. The number of esters is 1. The number of carbonyl (C=O) groups is 3. The quantitative estimate of drug-likeness (QED) is 0.0619. The molecule has 0 rings (SSSR count). The van der Waals surface area contributed by atoms with Crippen molar-refractivity contribution in [3.8, 4) is 0 Å². The van der Waals surface area contributed by atoms with Gasteiger partial charge in [-0.05, 0) is 87.5 Å². The fourth-order valence-electron chi connectivity index (χ4n) is 3.73. The number of carbonyl (C=O) groups excluding carboxylic acids is 3. The number of allylic oxidation sites excluding steroid dienone is 7. The molecule has 8 nitrogen and oxygen atoms in total. The molecule has 0 saturated carbocycles. The lowest BCUT2D eigenvalue weighted by Crippen LogP contribution is -2.34. The summed E-state index contributed by atoms with van der Waals surface area (Å²) >= 11 is 0. The van der Waals surface area contributed by atoms with E-state index in [0.717, 1.165) is 19.3 Å². The molecular weight excluding hydrogens is 546 g/mol. The van der Waals surface area contributed by atoms with Crippen LogP contribution < -0.4 is 5.32 Å². The van der Waals surface area contributed by atoms with Crippen LogP contribution in [0.1, 0.15) is 102 Å². The van der Waals surface area contributed by atoms with Crippen LogP contribution in [0.4, 0.5) is 9.59 Å². The molecule has 1 amide bonds. The summed E-state index contributed by atoms with van der Waals surface area (Å²) in [6.07, 6.45) is 16.7. The number of alkyl carbamates (subject to hydrolysis) is 1. The summed E-state index contributed by atoms with van der Waals surface area (Å²) in [5, 5.41) is 2.83. The van der Waals surface area contributed by atoms with E-state index in [2.05, 4.69) is 50.4 Å². The van der Waals surface area contributed by atoms with Crippen molar-refractivity contribution in [2.45, 2.75) is 119 Å². The standard InChI is InChI=1S/C35H57NO7/c1-12-40-31(37)21-17-16-20-29(5)30(41-33(39)43-35(9,10)11)23-22-27(3)24-26(2)18-14-13-15-19-28(4)25-36-32(38)42-34(6,7)8/h13-14,16-18,20-22,28-30H,12,15,19,23-25H2,1-11H3,(H,36,38)/b14-13+,20-16+,21-17+,26-18+,27-22+/t28-,29-,30-/m0/s1. The Morgan fingerprint density at radius 2 is 1.53 bits per heavy atom. The van der Waals surface area contributed by atoms with Crippen molar-refractivity contribution >= 4 is 18.2 Å². The molecule has 0 fully saturated rings. The van der Waals surface area contributed by atoms with Gasteiger partial charge in [-0.1, -0.05) is 67.5 Å². The average molecular weight is 604 g/mol. The van der Waals surface area contributed by atoms with Crippen molar-refractivity contribution in [3.05, 3.63) is 59.8 Å². The molecule has 3 atom stereocenters. The van der Waals surface area contributed by atoms with Gasteiger partial charge < -0.3 is 24.3 Å². The predicted octanol–water partition coefficient (Wildman–Crippen LogP) is 8.79. The minimum atomic E-state index is -0.706. The van der Waals surface area contributed by atoms with Crippen LogP contribution in [0.5, 0.6) is 0 Å². The van der Waals surface area contributed by atoms with E-state index in [1.165, 1.54) is 17.2 Å². The normalized spacial score (nSPS) is 15.4. The van der Waals surface area contributed by atoms with E-state index in [1.54, 1.807) is 39.8 Å². The first-order valence-corrected chi connectivity index (χ1v) is 15.3. The van der Waals surface area contributed by atoms with Gasteiger partial charge in [-0.15, -0.1) is 0 Å². The van der Waals surface area contributed by atoms with Crippen LogP contribution in [0.25, 0.3) is 0 Å². The Balaban J connectivity index is 5.00. The highest BCUT2D eigenvalue weighted by atomic mass is 16.7. The second-order valence-electron chi connectivity index (χ2n) is 12.9. The largest absolute Gasteiger partial charge is 0.509 e. The zero-order chi connectivity index (χ0) is 33.1. The van der Waals surface area contributed by atoms with Crippen molar-refractivity contribution in [2.24, 2.45) is 11.8 Å². The Hall–Kier alpha value is -3.29. The van der Waals surface area contributed by atoms with Gasteiger partial charge in [0.2, 0.25) is 0 Å². The molecule has 8 heteroatoms. The van der Waals surface area contributed by atoms with Gasteiger partial charge in [0.1, 0.15) is 17.3 Å². The number of amides is 1. The molecule has 0 aromatic heterocycles. The lowest BCUT2D eigenvalue weighted by molar-refractivity contribution is -0.137. The molecule has 244 valence electrons. The van der Waals surface area contributed by atoms with Crippen LogP contribution in [0.3, 0.4) is 0 Å². The number of nitrogens with one attached hydrogen (secondary N) is 1. The molecular formula is C35H57NO7. The third kappa shape index (κ3) is 23.9. The number of hydrogen-bond acceptors (Lipinski definition) is 7. The smallest absolute Gasteiger partial charge is 0.463 e. The molecule has 0 aliphatic carbocycles. The summed E-state index contributed by atoms with van der Waals surface area (Å²) in [4.78, 5) is 35.7. The maximum atomic E-state index is 12.4. The monoisotopic (exact) mass is 603 g/mol. The van der Waals surface area contributed by atoms with E-state index in [-0.39, 0.29) is 12.0 Å². The zero-order valence-electron chi connectivity index (χ0n) is 28.5. The Kier molecular flexibility index (Phi) is 19.0. The fourth-order valence-corrected chi connectivity index (χ4v) is 3.73. The van der Waals surface area contributed by atoms with E-state index in [4.69, 9.17) is 18.9 Å². The van der Waals surface area contributed by atoms with Gasteiger partial charge in [-0.2, -0.15) is 0 Å². The summed E-state index contributed by atoms with van der Waals surface area (Å²) in [5.41, 5.74) is 1.23. The number of rotatable bonds is 16. The molecule has 43 heavy (non-hydrogen) atoms. The number of ether oxygens (including phenoxy) is 4. The van der Waals surface area contributed by atoms with Gasteiger partial charge in [-0.25, -0.2) is 14.4 Å². The molecule has 0 aliphatic rings. The molecule has 0 spiro atoms. The Morgan fingerprint density at radius 3 is 2.14 bits per heavy atom. The van der Waals surface area contributed by atoms with Crippen molar-refractivity contribution in [1.29, 1.82) is 0 Å². The molecule has 0 unspecified atom stereocenters. The first-order valence-electron chi connectivity index (χ1n) is 15.3. The van der Waals surface area contributed by atoms with Gasteiger partial charge in [0, 0.05) is 25.0 Å². The predicted molar refractivity (Wildman–Crippen MR) is 174 cm³/mol. The van der Waals surface area contributed by atoms with Gasteiger partial charge in [0.25, 0.3) is 0 Å². The minimum Gasteiger partial charge on any atom is -0.463 e. The third-order valence-corrected chi connectivity index (χ3v) is 5.86. The molecule has 0 radical (unpaired) electrons. The first kappa shape index (κ1) is 39.7. The third-order valence-electron chi connectivity index (χ3n) is 5.86. The van der Waals surface area contributed by atoms with Crippen molar-refractivity contribution in [2.75, 3.05) is 13.2 Å². The summed E-state index contributed by atoms with van der Waals surface area (Å²) in [6, 6.07) is 0. The summed E-state index contributed by atoms with van der Waals surface area (Å²) < 4.78 is 21.2. The van der Waals surface area contributed by atoms with Crippen molar-refractivity contribution in [1.82, 2.24) is 5.32 Å². The van der Waals surface area contributed by atoms with E-state index in [9.17, 15) is 14.4 Å². The van der Waals surface area contributed by atoms with Crippen LogP contribution in [0.2, 0.25) is 0 Å².